The Labute approximate surface area is 187 Å². The molecular formula is C24H28N4O4. The maximum absolute atomic E-state index is 13.3. The molecule has 0 spiro atoms. The Kier molecular flexibility index (Phi) is 6.58. The molecule has 3 atom stereocenters. The quantitative estimate of drug-likeness (QED) is 0.669. The third kappa shape index (κ3) is 4.69. The molecule has 8 heteroatoms. The summed E-state index contributed by atoms with van der Waals surface area (Å²) in [7, 11) is 1.53. The zero-order valence-electron chi connectivity index (χ0n) is 18.0. The van der Waals surface area contributed by atoms with Crippen LogP contribution < -0.4 is 20.7 Å². The number of rotatable bonds is 5. The van der Waals surface area contributed by atoms with Crippen molar-refractivity contribution in [1.82, 2.24) is 10.2 Å². The zero-order chi connectivity index (χ0) is 22.5. The van der Waals surface area contributed by atoms with Crippen LogP contribution in [0.5, 0.6) is 5.75 Å². The topological polar surface area (TPSA) is 99.8 Å². The van der Waals surface area contributed by atoms with E-state index in [2.05, 4.69) is 16.0 Å². The Morgan fingerprint density at radius 2 is 1.75 bits per heavy atom. The molecule has 0 radical (unpaired) electrons. The van der Waals surface area contributed by atoms with Gasteiger partial charge < -0.3 is 25.6 Å². The smallest absolute Gasteiger partial charge is 0.322 e. The Balaban J connectivity index is 1.55. The van der Waals surface area contributed by atoms with Crippen LogP contribution in [0, 0.1) is 0 Å². The first-order chi connectivity index (χ1) is 15.6. The minimum absolute atomic E-state index is 0.0914. The van der Waals surface area contributed by atoms with Gasteiger partial charge in [0.2, 0.25) is 11.8 Å². The number of amides is 4. The Morgan fingerprint density at radius 3 is 2.53 bits per heavy atom. The average molecular weight is 437 g/mol. The SMILES string of the molecule is COc1ccccc1NC(=O)C[C@@H]1C(=O)N[C@H]2CCCC[C@H]2N1C(=O)Nc1ccccc1. The van der Waals surface area contributed by atoms with Gasteiger partial charge in [0.15, 0.2) is 0 Å². The molecule has 4 amide bonds. The number of carbonyl (C=O) groups is 3. The summed E-state index contributed by atoms with van der Waals surface area (Å²) in [5.74, 6) is -0.132. The fraction of sp³-hybridized carbons (Fsp3) is 0.375. The number of ether oxygens (including phenoxy) is 1. The molecular weight excluding hydrogens is 408 g/mol. The lowest BCUT2D eigenvalue weighted by Gasteiger charge is -2.47. The van der Waals surface area contributed by atoms with Gasteiger partial charge in [0.25, 0.3) is 0 Å². The van der Waals surface area contributed by atoms with E-state index in [9.17, 15) is 14.4 Å². The second-order valence-electron chi connectivity index (χ2n) is 8.14. The highest BCUT2D eigenvalue weighted by molar-refractivity contribution is 6.00. The van der Waals surface area contributed by atoms with Crippen LogP contribution in [0.3, 0.4) is 0 Å². The van der Waals surface area contributed by atoms with Crippen molar-refractivity contribution in [3.63, 3.8) is 0 Å². The Hall–Kier alpha value is -3.55. The average Bonchev–Trinajstić information content (AvgIpc) is 2.80. The molecule has 1 saturated carbocycles. The second kappa shape index (κ2) is 9.72. The molecule has 1 saturated heterocycles. The van der Waals surface area contributed by atoms with Gasteiger partial charge in [-0.3, -0.25) is 9.59 Å². The van der Waals surface area contributed by atoms with E-state index in [1.54, 1.807) is 35.2 Å². The van der Waals surface area contributed by atoms with Gasteiger partial charge in [-0.2, -0.15) is 0 Å². The van der Waals surface area contributed by atoms with Gasteiger partial charge in [-0.15, -0.1) is 0 Å². The van der Waals surface area contributed by atoms with E-state index in [4.69, 9.17) is 4.74 Å². The highest BCUT2D eigenvalue weighted by Crippen LogP contribution is 2.31. The van der Waals surface area contributed by atoms with E-state index in [1.165, 1.54) is 7.11 Å². The lowest BCUT2D eigenvalue weighted by Crippen LogP contribution is -2.68. The summed E-state index contributed by atoms with van der Waals surface area (Å²) in [5.41, 5.74) is 1.17. The van der Waals surface area contributed by atoms with Crippen molar-refractivity contribution >= 4 is 29.2 Å². The molecule has 2 aliphatic rings. The van der Waals surface area contributed by atoms with E-state index >= 15 is 0 Å². The van der Waals surface area contributed by atoms with Crippen LogP contribution in [0.2, 0.25) is 0 Å². The third-order valence-corrected chi connectivity index (χ3v) is 6.07. The molecule has 2 aromatic carbocycles. The molecule has 1 aliphatic heterocycles. The van der Waals surface area contributed by atoms with Crippen molar-refractivity contribution in [2.75, 3.05) is 17.7 Å². The van der Waals surface area contributed by atoms with Crippen LogP contribution in [0.25, 0.3) is 0 Å². The largest absolute Gasteiger partial charge is 0.495 e. The summed E-state index contributed by atoms with van der Waals surface area (Å²) in [6, 6.07) is 14.7. The molecule has 32 heavy (non-hydrogen) atoms. The van der Waals surface area contributed by atoms with E-state index in [0.717, 1.165) is 25.7 Å². The van der Waals surface area contributed by atoms with Crippen molar-refractivity contribution < 1.29 is 19.1 Å². The molecule has 1 aliphatic carbocycles. The molecule has 168 valence electrons. The van der Waals surface area contributed by atoms with Crippen LogP contribution in [0.4, 0.5) is 16.2 Å². The van der Waals surface area contributed by atoms with E-state index in [1.807, 2.05) is 24.3 Å². The predicted octanol–water partition coefficient (Wildman–Crippen LogP) is 3.37. The number of fused-ring (bicyclic) bond motifs is 1. The molecule has 0 aromatic heterocycles. The molecule has 4 rings (SSSR count). The maximum atomic E-state index is 13.3. The summed E-state index contributed by atoms with van der Waals surface area (Å²) in [5, 5.41) is 8.74. The standard InChI is InChI=1S/C24H28N4O4/c1-32-21-14-8-6-12-18(21)26-22(29)15-20-23(30)27-17-11-5-7-13-19(17)28(20)24(31)25-16-9-3-2-4-10-16/h2-4,6,8-10,12,14,17,19-20H,5,7,11,13,15H2,1H3,(H,25,31)(H,26,29)(H,27,30)/t17-,19+,20+/m0/s1. The number of anilines is 2. The predicted molar refractivity (Wildman–Crippen MR) is 122 cm³/mol. The number of para-hydroxylation sites is 3. The molecule has 8 nitrogen and oxygen atoms in total. The number of nitrogens with one attached hydrogen (secondary N) is 3. The van der Waals surface area contributed by atoms with Crippen LogP contribution in [0.15, 0.2) is 54.6 Å². The fourth-order valence-corrected chi connectivity index (χ4v) is 4.57. The van der Waals surface area contributed by atoms with Gasteiger partial charge in [0.05, 0.1) is 25.3 Å². The first-order valence-corrected chi connectivity index (χ1v) is 10.9. The van der Waals surface area contributed by atoms with Crippen molar-refractivity contribution in [3.05, 3.63) is 54.6 Å². The summed E-state index contributed by atoms with van der Waals surface area (Å²) in [6.07, 6.45) is 3.46. The van der Waals surface area contributed by atoms with Gasteiger partial charge in [-0.05, 0) is 37.1 Å². The highest BCUT2D eigenvalue weighted by atomic mass is 16.5. The number of urea groups is 1. The fourth-order valence-electron chi connectivity index (χ4n) is 4.57. The van der Waals surface area contributed by atoms with Crippen LogP contribution in [-0.2, 0) is 9.59 Å². The maximum Gasteiger partial charge on any atom is 0.322 e. The monoisotopic (exact) mass is 436 g/mol. The van der Waals surface area contributed by atoms with Gasteiger partial charge in [0.1, 0.15) is 11.8 Å². The van der Waals surface area contributed by atoms with Crippen molar-refractivity contribution in [2.45, 2.75) is 50.2 Å². The third-order valence-electron chi connectivity index (χ3n) is 6.07. The zero-order valence-corrected chi connectivity index (χ0v) is 18.0. The number of methoxy groups -OCH3 is 1. The summed E-state index contributed by atoms with van der Waals surface area (Å²) in [6.45, 7) is 0. The summed E-state index contributed by atoms with van der Waals surface area (Å²) in [4.78, 5) is 40.7. The van der Waals surface area contributed by atoms with Gasteiger partial charge in [0, 0.05) is 11.7 Å². The number of benzene rings is 2. The first kappa shape index (κ1) is 21.7. The normalized spacial score (nSPS) is 22.3. The number of hydrogen-bond donors (Lipinski definition) is 3. The molecule has 2 fully saturated rings. The Morgan fingerprint density at radius 1 is 1.03 bits per heavy atom. The molecule has 1 heterocycles. The summed E-state index contributed by atoms with van der Waals surface area (Å²) < 4.78 is 5.29. The van der Waals surface area contributed by atoms with Crippen LogP contribution in [0.1, 0.15) is 32.1 Å². The van der Waals surface area contributed by atoms with Gasteiger partial charge in [-0.1, -0.05) is 43.2 Å². The Bertz CT molecular complexity index is 981. The number of piperazine rings is 1. The van der Waals surface area contributed by atoms with E-state index in [0.29, 0.717) is 17.1 Å². The van der Waals surface area contributed by atoms with Crippen LogP contribution >= 0.6 is 0 Å². The minimum atomic E-state index is -0.896. The second-order valence-corrected chi connectivity index (χ2v) is 8.14. The first-order valence-electron chi connectivity index (χ1n) is 10.9. The number of carbonyl (C=O) groups excluding carboxylic acids is 3. The molecule has 0 unspecified atom stereocenters. The number of hydrogen-bond acceptors (Lipinski definition) is 4. The minimum Gasteiger partial charge on any atom is -0.495 e. The van der Waals surface area contributed by atoms with Crippen molar-refractivity contribution in [2.24, 2.45) is 0 Å². The molecule has 0 bridgehead atoms. The summed E-state index contributed by atoms with van der Waals surface area (Å²) >= 11 is 0. The lowest BCUT2D eigenvalue weighted by atomic mass is 9.85. The highest BCUT2D eigenvalue weighted by Gasteiger charge is 2.46. The molecule has 3 N–H and O–H groups in total. The molecule has 2 aromatic rings. The van der Waals surface area contributed by atoms with E-state index < -0.39 is 6.04 Å². The van der Waals surface area contributed by atoms with Crippen LogP contribution in [-0.4, -0.2) is 48.0 Å². The van der Waals surface area contributed by atoms with Crippen molar-refractivity contribution in [1.29, 1.82) is 0 Å². The number of nitrogens with zero attached hydrogens (tertiary/aromatic N) is 1. The van der Waals surface area contributed by atoms with Gasteiger partial charge in [-0.25, -0.2) is 4.79 Å². The van der Waals surface area contributed by atoms with Crippen molar-refractivity contribution in [3.8, 4) is 5.75 Å². The van der Waals surface area contributed by atoms with E-state index in [-0.39, 0.29) is 36.3 Å². The van der Waals surface area contributed by atoms with Gasteiger partial charge >= 0.3 is 6.03 Å². The lowest BCUT2D eigenvalue weighted by molar-refractivity contribution is -0.135.